The van der Waals surface area contributed by atoms with Gasteiger partial charge in [0.25, 0.3) is 0 Å². The van der Waals surface area contributed by atoms with Crippen molar-refractivity contribution in [2.45, 2.75) is 50.2 Å². The van der Waals surface area contributed by atoms with Crippen LogP contribution in [0.25, 0.3) is 0 Å². The molecule has 2 aliphatic heterocycles. The van der Waals surface area contributed by atoms with Gasteiger partial charge in [0.2, 0.25) is 0 Å². The first-order chi connectivity index (χ1) is 9.81. The van der Waals surface area contributed by atoms with Crippen molar-refractivity contribution in [2.24, 2.45) is 5.92 Å². The van der Waals surface area contributed by atoms with E-state index in [9.17, 15) is 4.39 Å². The molecule has 2 heterocycles. The fourth-order valence-electron chi connectivity index (χ4n) is 4.11. The Morgan fingerprint density at radius 3 is 2.60 bits per heavy atom. The molecule has 2 saturated heterocycles. The molecule has 20 heavy (non-hydrogen) atoms. The smallest absolute Gasteiger partial charge is 0.123 e. The molecule has 108 valence electrons. The van der Waals surface area contributed by atoms with Crippen molar-refractivity contribution in [3.05, 3.63) is 35.6 Å². The van der Waals surface area contributed by atoms with Gasteiger partial charge in [-0.3, -0.25) is 4.90 Å². The molecule has 1 N–H and O–H groups in total. The summed E-state index contributed by atoms with van der Waals surface area (Å²) in [6.45, 7) is 2.54. The molecular weight excluding hydrogens is 251 g/mol. The Morgan fingerprint density at radius 1 is 1.05 bits per heavy atom. The Hall–Kier alpha value is -0.930. The van der Waals surface area contributed by atoms with Crippen LogP contribution in [0.5, 0.6) is 0 Å². The third kappa shape index (κ3) is 2.38. The second-order valence-corrected chi connectivity index (χ2v) is 6.67. The van der Waals surface area contributed by atoms with E-state index < -0.39 is 0 Å². The van der Waals surface area contributed by atoms with Gasteiger partial charge in [-0.2, -0.15) is 0 Å². The van der Waals surface area contributed by atoms with Crippen LogP contribution in [-0.2, 0) is 0 Å². The fraction of sp³-hybridized carbons (Fsp3) is 0.647. The number of rotatable bonds is 4. The summed E-state index contributed by atoms with van der Waals surface area (Å²) in [5, 5.41) is 3.92. The van der Waals surface area contributed by atoms with E-state index in [1.54, 1.807) is 12.1 Å². The summed E-state index contributed by atoms with van der Waals surface area (Å²) in [6.07, 6.45) is 6.60. The van der Waals surface area contributed by atoms with Crippen LogP contribution in [0.2, 0.25) is 0 Å². The van der Waals surface area contributed by atoms with Crippen LogP contribution in [-0.4, -0.2) is 30.1 Å². The van der Waals surface area contributed by atoms with E-state index in [-0.39, 0.29) is 5.82 Å². The zero-order chi connectivity index (χ0) is 13.5. The number of benzene rings is 1. The standard InChI is InChI=1S/C17H23FN2/c18-14-7-5-13(6-8-14)17(12-3-4-12)19-15-9-11-20-10-1-2-16(15)20/h5-8,12,15-17,19H,1-4,9-11H2. The lowest BCUT2D eigenvalue weighted by Gasteiger charge is -2.27. The van der Waals surface area contributed by atoms with Crippen LogP contribution in [0.4, 0.5) is 4.39 Å². The second-order valence-electron chi connectivity index (χ2n) is 6.67. The zero-order valence-electron chi connectivity index (χ0n) is 11.9. The van der Waals surface area contributed by atoms with Gasteiger partial charge in [0.1, 0.15) is 5.82 Å². The highest BCUT2D eigenvalue weighted by molar-refractivity contribution is 5.22. The first kappa shape index (κ1) is 12.8. The number of nitrogens with zero attached hydrogens (tertiary/aromatic N) is 1. The molecule has 0 aromatic heterocycles. The summed E-state index contributed by atoms with van der Waals surface area (Å²) in [5.74, 6) is 0.627. The minimum absolute atomic E-state index is 0.133. The van der Waals surface area contributed by atoms with Gasteiger partial charge in [-0.25, -0.2) is 4.39 Å². The van der Waals surface area contributed by atoms with Crippen molar-refractivity contribution >= 4 is 0 Å². The molecule has 0 radical (unpaired) electrons. The van der Waals surface area contributed by atoms with Gasteiger partial charge in [-0.15, -0.1) is 0 Å². The summed E-state index contributed by atoms with van der Waals surface area (Å²) in [7, 11) is 0. The van der Waals surface area contributed by atoms with Crippen LogP contribution in [0, 0.1) is 11.7 Å². The zero-order valence-corrected chi connectivity index (χ0v) is 11.9. The molecule has 3 unspecified atom stereocenters. The number of hydrogen-bond acceptors (Lipinski definition) is 2. The molecule has 1 aromatic rings. The minimum Gasteiger partial charge on any atom is -0.305 e. The van der Waals surface area contributed by atoms with E-state index in [2.05, 4.69) is 10.2 Å². The van der Waals surface area contributed by atoms with Crippen molar-refractivity contribution in [2.75, 3.05) is 13.1 Å². The average Bonchev–Trinajstić information content (AvgIpc) is 3.06. The van der Waals surface area contributed by atoms with Gasteiger partial charge in [0.15, 0.2) is 0 Å². The summed E-state index contributed by atoms with van der Waals surface area (Å²) in [5.41, 5.74) is 1.27. The lowest BCUT2D eigenvalue weighted by Crippen LogP contribution is -2.41. The van der Waals surface area contributed by atoms with Crippen LogP contribution < -0.4 is 5.32 Å². The monoisotopic (exact) mass is 274 g/mol. The Balaban J connectivity index is 1.50. The predicted molar refractivity (Wildman–Crippen MR) is 78.0 cm³/mol. The molecule has 2 nitrogen and oxygen atoms in total. The van der Waals surface area contributed by atoms with Crippen molar-refractivity contribution in [1.29, 1.82) is 0 Å². The lowest BCUT2D eigenvalue weighted by molar-refractivity contribution is 0.283. The highest BCUT2D eigenvalue weighted by atomic mass is 19.1. The summed E-state index contributed by atoms with van der Waals surface area (Å²) in [4.78, 5) is 2.65. The molecule has 0 bridgehead atoms. The van der Waals surface area contributed by atoms with E-state index in [4.69, 9.17) is 0 Å². The Morgan fingerprint density at radius 2 is 1.85 bits per heavy atom. The Bertz CT molecular complexity index is 468. The molecule has 0 amide bonds. The molecular formula is C17H23FN2. The van der Waals surface area contributed by atoms with Gasteiger partial charge in [0, 0.05) is 24.7 Å². The Kier molecular flexibility index (Phi) is 3.27. The third-order valence-corrected chi connectivity index (χ3v) is 5.32. The predicted octanol–water partition coefficient (Wildman–Crippen LogP) is 3.10. The number of halogens is 1. The molecule has 1 aliphatic carbocycles. The van der Waals surface area contributed by atoms with Gasteiger partial charge in [-0.05, 0) is 62.3 Å². The number of hydrogen-bond donors (Lipinski definition) is 1. The highest BCUT2D eigenvalue weighted by Crippen LogP contribution is 2.42. The summed E-state index contributed by atoms with van der Waals surface area (Å²) >= 11 is 0. The topological polar surface area (TPSA) is 15.3 Å². The van der Waals surface area contributed by atoms with Crippen molar-refractivity contribution in [1.82, 2.24) is 10.2 Å². The van der Waals surface area contributed by atoms with Crippen LogP contribution >= 0.6 is 0 Å². The molecule has 4 rings (SSSR count). The Labute approximate surface area is 120 Å². The largest absolute Gasteiger partial charge is 0.305 e. The molecule has 3 atom stereocenters. The quantitative estimate of drug-likeness (QED) is 0.907. The first-order valence-electron chi connectivity index (χ1n) is 8.07. The fourth-order valence-corrected chi connectivity index (χ4v) is 4.11. The number of nitrogens with one attached hydrogen (secondary N) is 1. The maximum absolute atomic E-state index is 13.1. The van der Waals surface area contributed by atoms with Crippen molar-refractivity contribution in [3.8, 4) is 0 Å². The van der Waals surface area contributed by atoms with Gasteiger partial charge < -0.3 is 5.32 Å². The molecule has 1 aromatic carbocycles. The van der Waals surface area contributed by atoms with Crippen molar-refractivity contribution in [3.63, 3.8) is 0 Å². The van der Waals surface area contributed by atoms with Gasteiger partial charge >= 0.3 is 0 Å². The molecule has 3 fully saturated rings. The second kappa shape index (κ2) is 5.12. The normalized spacial score (nSPS) is 31.4. The molecule has 0 spiro atoms. The SMILES string of the molecule is Fc1ccc(C(NC2CCN3CCCC23)C2CC2)cc1. The molecule has 3 aliphatic rings. The van der Waals surface area contributed by atoms with Crippen molar-refractivity contribution < 1.29 is 4.39 Å². The first-order valence-corrected chi connectivity index (χ1v) is 8.07. The maximum Gasteiger partial charge on any atom is 0.123 e. The van der Waals surface area contributed by atoms with E-state index in [1.807, 2.05) is 12.1 Å². The summed E-state index contributed by atoms with van der Waals surface area (Å²) < 4.78 is 13.1. The third-order valence-electron chi connectivity index (χ3n) is 5.32. The van der Waals surface area contributed by atoms with E-state index in [1.165, 1.54) is 50.8 Å². The lowest BCUT2D eigenvalue weighted by atomic mass is 9.98. The highest BCUT2D eigenvalue weighted by Gasteiger charge is 2.40. The molecule has 1 saturated carbocycles. The molecule has 3 heteroatoms. The van der Waals surface area contributed by atoms with E-state index >= 15 is 0 Å². The minimum atomic E-state index is -0.133. The van der Waals surface area contributed by atoms with E-state index in [0.717, 1.165) is 12.0 Å². The number of fused-ring (bicyclic) bond motifs is 1. The van der Waals surface area contributed by atoms with Gasteiger partial charge in [0.05, 0.1) is 0 Å². The summed E-state index contributed by atoms with van der Waals surface area (Å²) in [6, 6.07) is 8.94. The van der Waals surface area contributed by atoms with Crippen LogP contribution in [0.15, 0.2) is 24.3 Å². The average molecular weight is 274 g/mol. The van der Waals surface area contributed by atoms with Gasteiger partial charge in [-0.1, -0.05) is 12.1 Å². The van der Waals surface area contributed by atoms with Crippen LogP contribution in [0.3, 0.4) is 0 Å². The van der Waals surface area contributed by atoms with Crippen LogP contribution in [0.1, 0.15) is 43.7 Å². The van der Waals surface area contributed by atoms with E-state index in [0.29, 0.717) is 12.1 Å². The maximum atomic E-state index is 13.1.